The molecule has 2 unspecified atom stereocenters. The average Bonchev–Trinajstić information content (AvgIpc) is 2.83. The molecule has 1 aromatic heterocycles. The molecule has 3 N–H and O–H groups in total. The highest BCUT2D eigenvalue weighted by atomic mass is 32.2. The maximum atomic E-state index is 5.50. The van der Waals surface area contributed by atoms with Gasteiger partial charge < -0.3 is 10.2 Å². The molecule has 1 aromatic rings. The monoisotopic (exact) mass is 246 g/mol. The second kappa shape index (κ2) is 5.11. The predicted molar refractivity (Wildman–Crippen MR) is 62.8 cm³/mol. The van der Waals surface area contributed by atoms with Gasteiger partial charge >= 0.3 is 0 Å². The van der Waals surface area contributed by atoms with E-state index in [2.05, 4.69) is 21.9 Å². The SMILES string of the molecule is CC1OCCC1SCc1nnsc1NN. The molecule has 1 fully saturated rings. The molecule has 2 atom stereocenters. The molecule has 0 aromatic carbocycles. The molecule has 5 nitrogen and oxygen atoms in total. The van der Waals surface area contributed by atoms with Gasteiger partial charge in [0, 0.05) is 29.1 Å². The topological polar surface area (TPSA) is 73.1 Å². The van der Waals surface area contributed by atoms with E-state index in [9.17, 15) is 0 Å². The van der Waals surface area contributed by atoms with Crippen LogP contribution in [-0.2, 0) is 10.5 Å². The van der Waals surface area contributed by atoms with Crippen LogP contribution in [0.2, 0.25) is 0 Å². The lowest BCUT2D eigenvalue weighted by atomic mass is 10.3. The summed E-state index contributed by atoms with van der Waals surface area (Å²) in [4.78, 5) is 0. The summed E-state index contributed by atoms with van der Waals surface area (Å²) in [6.45, 7) is 2.99. The molecule has 1 aliphatic heterocycles. The Morgan fingerprint density at radius 1 is 1.73 bits per heavy atom. The quantitative estimate of drug-likeness (QED) is 0.615. The summed E-state index contributed by atoms with van der Waals surface area (Å²) in [7, 11) is 0. The third-order valence-corrected chi connectivity index (χ3v) is 4.61. The van der Waals surface area contributed by atoms with Crippen LogP contribution in [0, 0.1) is 0 Å². The maximum absolute atomic E-state index is 5.50. The lowest BCUT2D eigenvalue weighted by Gasteiger charge is -2.12. The third kappa shape index (κ3) is 2.60. The van der Waals surface area contributed by atoms with Crippen molar-refractivity contribution in [2.75, 3.05) is 12.0 Å². The maximum Gasteiger partial charge on any atom is 0.148 e. The number of rotatable bonds is 4. The molecule has 0 amide bonds. The minimum atomic E-state index is 0.343. The molecule has 0 radical (unpaired) electrons. The summed E-state index contributed by atoms with van der Waals surface area (Å²) < 4.78 is 9.36. The van der Waals surface area contributed by atoms with E-state index in [4.69, 9.17) is 10.6 Å². The molecule has 7 heteroatoms. The smallest absolute Gasteiger partial charge is 0.148 e. The van der Waals surface area contributed by atoms with Crippen molar-refractivity contribution < 1.29 is 4.74 Å². The van der Waals surface area contributed by atoms with Crippen molar-refractivity contribution in [1.29, 1.82) is 0 Å². The van der Waals surface area contributed by atoms with E-state index < -0.39 is 0 Å². The Hall–Kier alpha value is -0.370. The second-order valence-corrected chi connectivity index (χ2v) is 5.39. The van der Waals surface area contributed by atoms with Gasteiger partial charge in [0.25, 0.3) is 0 Å². The van der Waals surface area contributed by atoms with Gasteiger partial charge in [-0.05, 0) is 13.3 Å². The lowest BCUT2D eigenvalue weighted by molar-refractivity contribution is 0.127. The molecule has 1 saturated heterocycles. The highest BCUT2D eigenvalue weighted by molar-refractivity contribution is 7.99. The van der Waals surface area contributed by atoms with E-state index >= 15 is 0 Å². The van der Waals surface area contributed by atoms with E-state index in [0.717, 1.165) is 29.5 Å². The molecule has 15 heavy (non-hydrogen) atoms. The number of ether oxygens (including phenoxy) is 1. The van der Waals surface area contributed by atoms with E-state index in [-0.39, 0.29) is 0 Å². The molecule has 0 aliphatic carbocycles. The zero-order valence-corrected chi connectivity index (χ0v) is 10.1. The van der Waals surface area contributed by atoms with Crippen LogP contribution in [0.5, 0.6) is 0 Å². The fourth-order valence-electron chi connectivity index (χ4n) is 1.53. The highest BCUT2D eigenvalue weighted by Crippen LogP contribution is 2.30. The van der Waals surface area contributed by atoms with E-state index in [1.165, 1.54) is 11.5 Å². The fourth-order valence-corrected chi connectivity index (χ4v) is 3.30. The Bertz CT molecular complexity index is 319. The van der Waals surface area contributed by atoms with Gasteiger partial charge in [-0.15, -0.1) is 16.9 Å². The Labute approximate surface area is 96.9 Å². The number of nitrogens with zero attached hydrogens (tertiary/aromatic N) is 2. The van der Waals surface area contributed by atoms with Crippen LogP contribution in [-0.4, -0.2) is 27.5 Å². The van der Waals surface area contributed by atoms with Gasteiger partial charge in [-0.3, -0.25) is 0 Å². The van der Waals surface area contributed by atoms with Crippen LogP contribution in [0.15, 0.2) is 0 Å². The highest BCUT2D eigenvalue weighted by Gasteiger charge is 2.25. The van der Waals surface area contributed by atoms with E-state index in [0.29, 0.717) is 11.4 Å². The van der Waals surface area contributed by atoms with Gasteiger partial charge in [-0.2, -0.15) is 0 Å². The Balaban J connectivity index is 1.87. The molecule has 1 aliphatic rings. The molecule has 0 saturated carbocycles. The van der Waals surface area contributed by atoms with Gasteiger partial charge in [0.1, 0.15) is 10.7 Å². The number of hydrazine groups is 1. The summed E-state index contributed by atoms with van der Waals surface area (Å²) in [6.07, 6.45) is 1.46. The van der Waals surface area contributed by atoms with Crippen molar-refractivity contribution in [3.63, 3.8) is 0 Å². The molecule has 84 valence electrons. The standard InChI is InChI=1S/C8H14N4OS2/c1-5-7(2-3-13-5)14-4-6-8(10-9)15-12-11-6/h5,7,10H,2-4,9H2,1H3. The van der Waals surface area contributed by atoms with Gasteiger partial charge in [-0.1, -0.05) is 4.49 Å². The van der Waals surface area contributed by atoms with E-state index in [1.807, 2.05) is 11.8 Å². The summed E-state index contributed by atoms with van der Waals surface area (Å²) >= 11 is 3.15. The van der Waals surface area contributed by atoms with Crippen LogP contribution in [0.1, 0.15) is 19.0 Å². The number of anilines is 1. The second-order valence-electron chi connectivity index (χ2n) is 3.41. The largest absolute Gasteiger partial charge is 0.377 e. The van der Waals surface area contributed by atoms with Crippen molar-refractivity contribution in [2.45, 2.75) is 30.5 Å². The van der Waals surface area contributed by atoms with Crippen molar-refractivity contribution in [1.82, 2.24) is 9.59 Å². The first-order chi connectivity index (χ1) is 7.31. The molecular weight excluding hydrogens is 232 g/mol. The number of nitrogen functional groups attached to an aromatic ring is 1. The van der Waals surface area contributed by atoms with Gasteiger partial charge in [0.05, 0.1) is 6.10 Å². The summed E-state index contributed by atoms with van der Waals surface area (Å²) in [5.41, 5.74) is 3.55. The number of nitrogens with one attached hydrogen (secondary N) is 1. The molecule has 2 heterocycles. The summed E-state index contributed by atoms with van der Waals surface area (Å²) in [6, 6.07) is 0. The molecule has 2 rings (SSSR count). The van der Waals surface area contributed by atoms with Crippen molar-refractivity contribution in [2.24, 2.45) is 5.84 Å². The number of aromatic nitrogens is 2. The number of hydrogen-bond acceptors (Lipinski definition) is 7. The summed E-state index contributed by atoms with van der Waals surface area (Å²) in [5.74, 6) is 6.19. The number of hydrogen-bond donors (Lipinski definition) is 2. The average molecular weight is 246 g/mol. The molecular formula is C8H14N4OS2. The first kappa shape index (κ1) is 11.1. The molecule has 0 spiro atoms. The van der Waals surface area contributed by atoms with Crippen LogP contribution in [0.4, 0.5) is 5.00 Å². The Kier molecular flexibility index (Phi) is 3.79. The number of nitrogens with two attached hydrogens (primary N) is 1. The molecule has 0 bridgehead atoms. The van der Waals surface area contributed by atoms with Gasteiger partial charge in [0.15, 0.2) is 0 Å². The lowest BCUT2D eigenvalue weighted by Crippen LogP contribution is -2.14. The van der Waals surface area contributed by atoms with Crippen LogP contribution < -0.4 is 11.3 Å². The first-order valence-electron chi connectivity index (χ1n) is 4.82. The van der Waals surface area contributed by atoms with Crippen molar-refractivity contribution >= 4 is 28.3 Å². The Morgan fingerprint density at radius 2 is 2.60 bits per heavy atom. The first-order valence-corrected chi connectivity index (χ1v) is 6.64. The van der Waals surface area contributed by atoms with E-state index in [1.54, 1.807) is 0 Å². The number of thioether (sulfide) groups is 1. The fraction of sp³-hybridized carbons (Fsp3) is 0.750. The zero-order valence-electron chi connectivity index (χ0n) is 8.47. The Morgan fingerprint density at radius 3 is 3.27 bits per heavy atom. The normalized spacial score (nSPS) is 25.7. The van der Waals surface area contributed by atoms with Crippen LogP contribution >= 0.6 is 23.3 Å². The van der Waals surface area contributed by atoms with Crippen molar-refractivity contribution in [3.8, 4) is 0 Å². The minimum Gasteiger partial charge on any atom is -0.377 e. The zero-order chi connectivity index (χ0) is 10.7. The van der Waals surface area contributed by atoms with Gasteiger partial charge in [0.2, 0.25) is 0 Å². The summed E-state index contributed by atoms with van der Waals surface area (Å²) in [5, 5.41) is 5.46. The minimum absolute atomic E-state index is 0.343. The van der Waals surface area contributed by atoms with Crippen LogP contribution in [0.3, 0.4) is 0 Å². The predicted octanol–water partition coefficient (Wildman–Crippen LogP) is 1.23. The van der Waals surface area contributed by atoms with Gasteiger partial charge in [-0.25, -0.2) is 5.84 Å². The van der Waals surface area contributed by atoms with Crippen LogP contribution in [0.25, 0.3) is 0 Å². The van der Waals surface area contributed by atoms with Crippen molar-refractivity contribution in [3.05, 3.63) is 5.69 Å². The third-order valence-electron chi connectivity index (χ3n) is 2.43.